The lowest BCUT2D eigenvalue weighted by Gasteiger charge is -2.26. The molecule has 2 fully saturated rings. The summed E-state index contributed by atoms with van der Waals surface area (Å²) in [4.78, 5) is 16.9. The Morgan fingerprint density at radius 2 is 1.89 bits per heavy atom. The molecule has 1 radical (unpaired) electrons. The van der Waals surface area contributed by atoms with Gasteiger partial charge in [0.05, 0.1) is 16.3 Å². The zero-order valence-corrected chi connectivity index (χ0v) is 15.6. The number of nitrogens with one attached hydrogen (secondary N) is 1. The third-order valence-corrected chi connectivity index (χ3v) is 6.17. The summed E-state index contributed by atoms with van der Waals surface area (Å²) in [7, 11) is 0. The molecule has 1 N–H and O–H groups in total. The molecule has 1 aliphatic heterocycles. The highest BCUT2D eigenvalue weighted by Gasteiger charge is 2.30. The summed E-state index contributed by atoms with van der Waals surface area (Å²) in [5.41, 5.74) is 3.87. The van der Waals surface area contributed by atoms with Crippen molar-refractivity contribution < 1.29 is 4.39 Å². The molecular formula is C20H19FN5S. The predicted octanol–water partition coefficient (Wildman–Crippen LogP) is 3.49. The Hall–Kier alpha value is -2.38. The number of rotatable bonds is 4. The number of benzene rings is 1. The largest absolute Gasteiger partial charge is 0.346 e. The maximum absolute atomic E-state index is 13.4. The Morgan fingerprint density at radius 1 is 1.11 bits per heavy atom. The van der Waals surface area contributed by atoms with Gasteiger partial charge < -0.3 is 10.2 Å². The number of thiazole rings is 1. The molecule has 2 aliphatic rings. The van der Waals surface area contributed by atoms with E-state index in [1.54, 1.807) is 23.5 Å². The van der Waals surface area contributed by atoms with Crippen LogP contribution in [0.2, 0.25) is 0 Å². The van der Waals surface area contributed by atoms with Crippen LogP contribution < -0.4 is 10.2 Å². The van der Waals surface area contributed by atoms with Gasteiger partial charge >= 0.3 is 0 Å². The molecule has 0 bridgehead atoms. The van der Waals surface area contributed by atoms with Crippen LogP contribution in [0.15, 0.2) is 30.5 Å². The van der Waals surface area contributed by atoms with E-state index >= 15 is 0 Å². The number of piperazine rings is 1. The molecule has 0 unspecified atom stereocenters. The molecule has 7 heteroatoms. The van der Waals surface area contributed by atoms with Crippen LogP contribution in [-0.4, -0.2) is 41.1 Å². The normalized spacial score (nSPS) is 17.3. The van der Waals surface area contributed by atoms with Crippen molar-refractivity contribution in [1.82, 2.24) is 20.3 Å². The Morgan fingerprint density at radius 3 is 2.63 bits per heavy atom. The van der Waals surface area contributed by atoms with E-state index in [1.165, 1.54) is 30.5 Å². The first-order chi connectivity index (χ1) is 13.3. The van der Waals surface area contributed by atoms with Gasteiger partial charge in [-0.1, -0.05) is 11.3 Å². The minimum absolute atomic E-state index is 0.244. The summed E-state index contributed by atoms with van der Waals surface area (Å²) < 4.78 is 13.4. The number of aromatic nitrogens is 3. The first-order valence-electron chi connectivity index (χ1n) is 9.25. The van der Waals surface area contributed by atoms with Crippen LogP contribution in [0.3, 0.4) is 0 Å². The number of anilines is 1. The molecule has 1 aliphatic carbocycles. The molecule has 1 aromatic carbocycles. The molecule has 0 atom stereocenters. The second-order valence-corrected chi connectivity index (χ2v) is 7.94. The van der Waals surface area contributed by atoms with Gasteiger partial charge in [-0.2, -0.15) is 0 Å². The Labute approximate surface area is 161 Å². The smallest absolute Gasteiger partial charge is 0.198 e. The van der Waals surface area contributed by atoms with Gasteiger partial charge in [0, 0.05) is 43.5 Å². The average molecular weight is 380 g/mol. The second kappa shape index (κ2) is 6.98. The summed E-state index contributed by atoms with van der Waals surface area (Å²) in [6.45, 7) is 3.77. The topological polar surface area (TPSA) is 53.9 Å². The summed E-state index contributed by atoms with van der Waals surface area (Å²) in [6, 6.07) is 6.54. The van der Waals surface area contributed by atoms with Gasteiger partial charge in [0.15, 0.2) is 11.5 Å². The number of hydrogen-bond donors (Lipinski definition) is 1. The van der Waals surface area contributed by atoms with Crippen molar-refractivity contribution in [3.63, 3.8) is 0 Å². The van der Waals surface area contributed by atoms with E-state index in [-0.39, 0.29) is 5.82 Å². The molecule has 27 heavy (non-hydrogen) atoms. The number of halogens is 1. The molecule has 2 aromatic heterocycles. The van der Waals surface area contributed by atoms with Crippen molar-refractivity contribution in [3.05, 3.63) is 48.2 Å². The average Bonchev–Trinajstić information content (AvgIpc) is 3.48. The van der Waals surface area contributed by atoms with Crippen molar-refractivity contribution >= 4 is 16.5 Å². The predicted molar refractivity (Wildman–Crippen MR) is 104 cm³/mol. The summed E-state index contributed by atoms with van der Waals surface area (Å²) in [5.74, 6) is 0.285. The second-order valence-electron chi connectivity index (χ2n) is 6.97. The van der Waals surface area contributed by atoms with Crippen LogP contribution in [-0.2, 0) is 0 Å². The maximum Gasteiger partial charge on any atom is 0.198 e. The van der Waals surface area contributed by atoms with Crippen molar-refractivity contribution in [3.8, 4) is 21.8 Å². The summed E-state index contributed by atoms with van der Waals surface area (Å²) in [5, 5.41) is 4.37. The molecular weight excluding hydrogens is 361 g/mol. The maximum atomic E-state index is 13.4. The standard InChI is InChI=1S/C20H19FN5S/c21-15-5-3-14(4-6-15)17-19(18-16(13-1-2-13)11-23-12-24-18)27-20(25-17)26-9-7-22-8-10-26/h3-6,11,13,22H,1-2,7-10H2. The lowest BCUT2D eigenvalue weighted by Crippen LogP contribution is -2.43. The Bertz CT molecular complexity index is 945. The van der Waals surface area contributed by atoms with E-state index in [2.05, 4.69) is 26.5 Å². The van der Waals surface area contributed by atoms with Gasteiger partial charge in [-0.3, -0.25) is 0 Å². The van der Waals surface area contributed by atoms with E-state index in [4.69, 9.17) is 4.98 Å². The molecule has 0 amide bonds. The summed E-state index contributed by atoms with van der Waals surface area (Å²) >= 11 is 1.66. The molecule has 5 nitrogen and oxygen atoms in total. The lowest BCUT2D eigenvalue weighted by molar-refractivity contribution is 0.588. The molecule has 5 rings (SSSR count). The molecule has 1 saturated heterocycles. The fraction of sp³-hybridized carbons (Fsp3) is 0.350. The van der Waals surface area contributed by atoms with E-state index in [9.17, 15) is 4.39 Å². The number of hydrogen-bond acceptors (Lipinski definition) is 6. The highest BCUT2D eigenvalue weighted by atomic mass is 32.1. The highest BCUT2D eigenvalue weighted by Crippen LogP contribution is 2.47. The fourth-order valence-electron chi connectivity index (χ4n) is 3.44. The molecule has 1 saturated carbocycles. The van der Waals surface area contributed by atoms with Gasteiger partial charge in [-0.25, -0.2) is 19.3 Å². The number of nitrogens with zero attached hydrogens (tertiary/aromatic N) is 4. The zero-order valence-electron chi connectivity index (χ0n) is 14.8. The van der Waals surface area contributed by atoms with Gasteiger partial charge in [0.25, 0.3) is 0 Å². The Balaban J connectivity index is 1.64. The quantitative estimate of drug-likeness (QED) is 0.751. The van der Waals surface area contributed by atoms with Crippen LogP contribution >= 0.6 is 11.3 Å². The third kappa shape index (κ3) is 3.33. The molecule has 3 heterocycles. The first-order valence-corrected chi connectivity index (χ1v) is 10.1. The van der Waals surface area contributed by atoms with Crippen LogP contribution in [0, 0.1) is 12.1 Å². The van der Waals surface area contributed by atoms with Crippen LogP contribution in [0.5, 0.6) is 0 Å². The third-order valence-electron chi connectivity index (χ3n) is 5.05. The monoisotopic (exact) mass is 380 g/mol. The molecule has 137 valence electrons. The molecule has 0 spiro atoms. The van der Waals surface area contributed by atoms with Crippen molar-refractivity contribution in [2.24, 2.45) is 0 Å². The lowest BCUT2D eigenvalue weighted by atomic mass is 10.1. The van der Waals surface area contributed by atoms with E-state index in [0.717, 1.165) is 53.1 Å². The van der Waals surface area contributed by atoms with Gasteiger partial charge in [0.1, 0.15) is 5.82 Å². The summed E-state index contributed by atoms with van der Waals surface area (Å²) in [6.07, 6.45) is 6.99. The van der Waals surface area contributed by atoms with Crippen molar-refractivity contribution in [1.29, 1.82) is 0 Å². The highest BCUT2D eigenvalue weighted by molar-refractivity contribution is 7.19. The van der Waals surface area contributed by atoms with E-state index in [0.29, 0.717) is 5.92 Å². The van der Waals surface area contributed by atoms with E-state index < -0.39 is 0 Å². The zero-order chi connectivity index (χ0) is 18.2. The van der Waals surface area contributed by atoms with E-state index in [1.807, 2.05) is 6.20 Å². The fourth-order valence-corrected chi connectivity index (χ4v) is 4.59. The molecule has 3 aromatic rings. The van der Waals surface area contributed by atoms with Gasteiger partial charge in [-0.05, 0) is 43.0 Å². The SMILES string of the molecule is Fc1ccc(-c2nc(N3CCNCC3)sc2-c2n[c]ncc2C2CC2)cc1. The Kier molecular flexibility index (Phi) is 4.33. The van der Waals surface area contributed by atoms with Gasteiger partial charge in [0.2, 0.25) is 0 Å². The van der Waals surface area contributed by atoms with Crippen LogP contribution in [0.4, 0.5) is 9.52 Å². The van der Waals surface area contributed by atoms with Crippen LogP contribution in [0.1, 0.15) is 24.3 Å². The van der Waals surface area contributed by atoms with Crippen LogP contribution in [0.25, 0.3) is 21.8 Å². The minimum Gasteiger partial charge on any atom is -0.346 e. The first kappa shape index (κ1) is 16.8. The van der Waals surface area contributed by atoms with Crippen molar-refractivity contribution in [2.75, 3.05) is 31.1 Å². The minimum atomic E-state index is -0.244. The van der Waals surface area contributed by atoms with Gasteiger partial charge in [-0.15, -0.1) is 0 Å². The van der Waals surface area contributed by atoms with Crippen molar-refractivity contribution in [2.45, 2.75) is 18.8 Å².